The molecule has 1 aliphatic heterocycles. The standard InChI is InChI=1S/C27H29N3O/c1-29-18-16-23(17-19-29)27(31)21-28-20-22-12-14-26(15-13-22)30(24-8-4-2-5-9-24)25-10-6-3-7-11-25/h2-15,20,23H,16-19,21H2,1H3. The minimum atomic E-state index is 0.168. The molecule has 0 radical (unpaired) electrons. The second kappa shape index (κ2) is 10.2. The molecule has 4 rings (SSSR count). The second-order valence-corrected chi connectivity index (χ2v) is 8.11. The van der Waals surface area contributed by atoms with E-state index < -0.39 is 0 Å². The van der Waals surface area contributed by atoms with Gasteiger partial charge >= 0.3 is 0 Å². The molecule has 1 heterocycles. The van der Waals surface area contributed by atoms with Crippen LogP contribution < -0.4 is 4.90 Å². The summed E-state index contributed by atoms with van der Waals surface area (Å²) in [6.07, 6.45) is 3.72. The number of nitrogens with zero attached hydrogens (tertiary/aromatic N) is 3. The van der Waals surface area contributed by atoms with E-state index in [1.807, 2.05) is 42.6 Å². The van der Waals surface area contributed by atoms with Gasteiger partial charge in [-0.25, -0.2) is 0 Å². The predicted octanol–water partition coefficient (Wildman–Crippen LogP) is 5.49. The number of ketones is 1. The van der Waals surface area contributed by atoms with Gasteiger partial charge in [-0.3, -0.25) is 9.79 Å². The normalized spacial score (nSPS) is 15.3. The summed E-state index contributed by atoms with van der Waals surface area (Å²) in [6.45, 7) is 2.28. The first kappa shape index (κ1) is 21.0. The molecule has 1 aliphatic rings. The number of carbonyl (C=O) groups is 1. The average molecular weight is 412 g/mol. The molecule has 0 amide bonds. The Morgan fingerprint density at radius 3 is 1.94 bits per heavy atom. The third-order valence-electron chi connectivity index (χ3n) is 5.84. The zero-order valence-corrected chi connectivity index (χ0v) is 18.0. The first-order valence-corrected chi connectivity index (χ1v) is 10.9. The topological polar surface area (TPSA) is 35.9 Å². The lowest BCUT2D eigenvalue weighted by Gasteiger charge is -2.27. The predicted molar refractivity (Wildman–Crippen MR) is 129 cm³/mol. The number of rotatable bonds is 7. The van der Waals surface area contributed by atoms with Crippen molar-refractivity contribution in [2.75, 3.05) is 31.6 Å². The molecule has 0 aliphatic carbocycles. The van der Waals surface area contributed by atoms with Crippen LogP contribution in [0.1, 0.15) is 18.4 Å². The van der Waals surface area contributed by atoms with Crippen LogP contribution in [0, 0.1) is 5.92 Å². The summed E-state index contributed by atoms with van der Waals surface area (Å²) >= 11 is 0. The van der Waals surface area contributed by atoms with E-state index in [1.54, 1.807) is 0 Å². The van der Waals surface area contributed by atoms with Crippen molar-refractivity contribution in [1.82, 2.24) is 4.90 Å². The molecule has 0 unspecified atom stereocenters. The molecule has 158 valence electrons. The molecule has 1 fully saturated rings. The summed E-state index contributed by atoms with van der Waals surface area (Å²) in [5, 5.41) is 0. The number of piperidine rings is 1. The van der Waals surface area contributed by atoms with Crippen LogP contribution in [0.3, 0.4) is 0 Å². The Morgan fingerprint density at radius 1 is 0.871 bits per heavy atom. The molecule has 0 aromatic heterocycles. The minimum Gasteiger partial charge on any atom is -0.311 e. The number of para-hydroxylation sites is 2. The minimum absolute atomic E-state index is 0.168. The summed E-state index contributed by atoms with van der Waals surface area (Å²) in [4.78, 5) is 21.3. The van der Waals surface area contributed by atoms with Crippen LogP contribution in [-0.4, -0.2) is 43.6 Å². The third kappa shape index (κ3) is 5.47. The lowest BCUT2D eigenvalue weighted by molar-refractivity contribution is -0.122. The van der Waals surface area contributed by atoms with Crippen LogP contribution in [0.2, 0.25) is 0 Å². The van der Waals surface area contributed by atoms with Crippen LogP contribution in [0.5, 0.6) is 0 Å². The third-order valence-corrected chi connectivity index (χ3v) is 5.84. The molecule has 0 spiro atoms. The van der Waals surface area contributed by atoms with Gasteiger partial charge in [0.2, 0.25) is 0 Å². The zero-order valence-electron chi connectivity index (χ0n) is 18.0. The average Bonchev–Trinajstić information content (AvgIpc) is 2.82. The Balaban J connectivity index is 1.45. The summed E-state index contributed by atoms with van der Waals surface area (Å²) in [5.74, 6) is 0.432. The maximum atomic E-state index is 12.4. The molecule has 31 heavy (non-hydrogen) atoms. The van der Waals surface area contributed by atoms with Crippen LogP contribution in [0.4, 0.5) is 17.1 Å². The van der Waals surface area contributed by atoms with Gasteiger partial charge in [0.1, 0.15) is 0 Å². The van der Waals surface area contributed by atoms with Crippen molar-refractivity contribution in [2.45, 2.75) is 12.8 Å². The highest BCUT2D eigenvalue weighted by Gasteiger charge is 2.22. The van der Waals surface area contributed by atoms with Gasteiger partial charge in [0, 0.05) is 29.2 Å². The van der Waals surface area contributed by atoms with Gasteiger partial charge in [-0.15, -0.1) is 0 Å². The number of carbonyl (C=O) groups excluding carboxylic acids is 1. The van der Waals surface area contributed by atoms with Crippen molar-refractivity contribution in [1.29, 1.82) is 0 Å². The lowest BCUT2D eigenvalue weighted by Crippen LogP contribution is -2.34. The Hall–Kier alpha value is -3.24. The number of hydrogen-bond acceptors (Lipinski definition) is 4. The Morgan fingerprint density at radius 2 is 1.39 bits per heavy atom. The van der Waals surface area contributed by atoms with Crippen molar-refractivity contribution >= 4 is 29.1 Å². The molecule has 0 atom stereocenters. The highest BCUT2D eigenvalue weighted by molar-refractivity contribution is 5.87. The van der Waals surface area contributed by atoms with E-state index in [0.717, 1.165) is 48.6 Å². The first-order chi connectivity index (χ1) is 15.2. The van der Waals surface area contributed by atoms with Crippen LogP contribution in [0.25, 0.3) is 0 Å². The van der Waals surface area contributed by atoms with E-state index in [2.05, 4.69) is 70.4 Å². The molecule has 4 nitrogen and oxygen atoms in total. The van der Waals surface area contributed by atoms with Crippen molar-refractivity contribution in [2.24, 2.45) is 10.9 Å². The van der Waals surface area contributed by atoms with Crippen molar-refractivity contribution in [3.63, 3.8) is 0 Å². The van der Waals surface area contributed by atoms with Crippen LogP contribution in [0.15, 0.2) is 89.9 Å². The van der Waals surface area contributed by atoms with Crippen LogP contribution >= 0.6 is 0 Å². The Labute approximate surface area is 184 Å². The summed E-state index contributed by atoms with van der Waals surface area (Å²) in [7, 11) is 2.11. The fraction of sp³-hybridized carbons (Fsp3) is 0.259. The molecule has 0 saturated carbocycles. The van der Waals surface area contributed by atoms with Gasteiger partial charge in [0.25, 0.3) is 0 Å². The second-order valence-electron chi connectivity index (χ2n) is 8.11. The highest BCUT2D eigenvalue weighted by Crippen LogP contribution is 2.33. The first-order valence-electron chi connectivity index (χ1n) is 10.9. The van der Waals surface area contributed by atoms with Gasteiger partial charge in [0.15, 0.2) is 5.78 Å². The van der Waals surface area contributed by atoms with E-state index in [0.29, 0.717) is 0 Å². The SMILES string of the molecule is CN1CCC(C(=O)CN=Cc2ccc(N(c3ccccc3)c3ccccc3)cc2)CC1. The number of aliphatic imine (C=N–C) groups is 1. The van der Waals surface area contributed by atoms with Gasteiger partial charge < -0.3 is 9.80 Å². The molecule has 0 N–H and O–H groups in total. The number of likely N-dealkylation sites (tertiary alicyclic amines) is 1. The van der Waals surface area contributed by atoms with Gasteiger partial charge in [-0.1, -0.05) is 48.5 Å². The highest BCUT2D eigenvalue weighted by atomic mass is 16.1. The fourth-order valence-electron chi connectivity index (χ4n) is 4.01. The molecular formula is C27H29N3O. The van der Waals surface area contributed by atoms with E-state index in [4.69, 9.17) is 0 Å². The molecule has 3 aromatic carbocycles. The number of hydrogen-bond donors (Lipinski definition) is 0. The molecule has 1 saturated heterocycles. The molecular weight excluding hydrogens is 382 g/mol. The van der Waals surface area contributed by atoms with E-state index in [1.165, 1.54) is 0 Å². The van der Waals surface area contributed by atoms with Gasteiger partial charge in [0.05, 0.1) is 6.54 Å². The quantitative estimate of drug-likeness (QED) is 0.483. The molecule has 4 heteroatoms. The summed E-state index contributed by atoms with van der Waals surface area (Å²) in [6, 6.07) is 29.0. The Bertz CT molecular complexity index is 952. The van der Waals surface area contributed by atoms with Crippen molar-refractivity contribution < 1.29 is 4.79 Å². The maximum absolute atomic E-state index is 12.4. The van der Waals surface area contributed by atoms with Gasteiger partial charge in [-0.2, -0.15) is 0 Å². The maximum Gasteiger partial charge on any atom is 0.157 e. The number of anilines is 3. The van der Waals surface area contributed by atoms with Crippen molar-refractivity contribution in [3.05, 3.63) is 90.5 Å². The number of benzene rings is 3. The van der Waals surface area contributed by atoms with Crippen LogP contribution in [-0.2, 0) is 4.79 Å². The van der Waals surface area contributed by atoms with E-state index in [9.17, 15) is 4.79 Å². The van der Waals surface area contributed by atoms with Gasteiger partial charge in [-0.05, 0) is 74.9 Å². The van der Waals surface area contributed by atoms with E-state index >= 15 is 0 Å². The molecule has 0 bridgehead atoms. The summed E-state index contributed by atoms with van der Waals surface area (Å²) in [5.41, 5.74) is 4.30. The van der Waals surface area contributed by atoms with Crippen molar-refractivity contribution in [3.8, 4) is 0 Å². The zero-order chi connectivity index (χ0) is 21.5. The fourth-order valence-corrected chi connectivity index (χ4v) is 4.01. The lowest BCUT2D eigenvalue weighted by atomic mass is 9.93. The Kier molecular flexibility index (Phi) is 6.90. The smallest absolute Gasteiger partial charge is 0.157 e. The molecule has 3 aromatic rings. The largest absolute Gasteiger partial charge is 0.311 e. The van der Waals surface area contributed by atoms with E-state index in [-0.39, 0.29) is 18.2 Å². The number of Topliss-reactive ketones (excluding diaryl/α,β-unsaturated/α-hetero) is 1. The monoisotopic (exact) mass is 411 g/mol. The summed E-state index contributed by atoms with van der Waals surface area (Å²) < 4.78 is 0.